The number of unbranched alkanes of at least 4 members (excludes halogenated alkanes) is 1. The molecule has 0 aliphatic carbocycles. The minimum absolute atomic E-state index is 0.0226. The maximum atomic E-state index is 12.8. The molecule has 0 saturated carbocycles. The number of rotatable bonds is 7. The average molecular weight is 315 g/mol. The SMILES string of the molecule is CCCC[C@H](C)CNC(=O)Cc1cc(C)cc(C(F)(F)F)c1. The fourth-order valence-electron chi connectivity index (χ4n) is 2.32. The van der Waals surface area contributed by atoms with Crippen LogP contribution in [0.15, 0.2) is 18.2 Å². The van der Waals surface area contributed by atoms with E-state index in [4.69, 9.17) is 0 Å². The van der Waals surface area contributed by atoms with Crippen molar-refractivity contribution < 1.29 is 18.0 Å². The van der Waals surface area contributed by atoms with Crippen molar-refractivity contribution in [3.8, 4) is 0 Å². The van der Waals surface area contributed by atoms with Crippen LogP contribution in [0.5, 0.6) is 0 Å². The van der Waals surface area contributed by atoms with E-state index in [9.17, 15) is 18.0 Å². The lowest BCUT2D eigenvalue weighted by Crippen LogP contribution is -2.29. The van der Waals surface area contributed by atoms with Gasteiger partial charge in [-0.25, -0.2) is 0 Å². The maximum absolute atomic E-state index is 12.8. The molecule has 0 heterocycles. The van der Waals surface area contributed by atoms with Gasteiger partial charge in [0.1, 0.15) is 0 Å². The molecule has 0 saturated heterocycles. The molecule has 1 amide bonds. The van der Waals surface area contributed by atoms with Gasteiger partial charge in [0.15, 0.2) is 0 Å². The second-order valence-electron chi connectivity index (χ2n) is 5.93. The van der Waals surface area contributed by atoms with Gasteiger partial charge >= 0.3 is 6.18 Å². The second kappa shape index (κ2) is 8.20. The molecule has 22 heavy (non-hydrogen) atoms. The third kappa shape index (κ3) is 6.50. The number of halogens is 3. The van der Waals surface area contributed by atoms with Crippen molar-refractivity contribution in [2.24, 2.45) is 5.92 Å². The van der Waals surface area contributed by atoms with Gasteiger partial charge in [-0.1, -0.05) is 38.3 Å². The topological polar surface area (TPSA) is 29.1 Å². The Morgan fingerprint density at radius 3 is 2.55 bits per heavy atom. The smallest absolute Gasteiger partial charge is 0.356 e. The summed E-state index contributed by atoms with van der Waals surface area (Å²) >= 11 is 0. The first-order valence-corrected chi connectivity index (χ1v) is 7.66. The number of benzene rings is 1. The molecule has 0 aliphatic heterocycles. The summed E-state index contributed by atoms with van der Waals surface area (Å²) in [5.41, 5.74) is 0.201. The van der Waals surface area contributed by atoms with Crippen LogP contribution in [0.2, 0.25) is 0 Å². The van der Waals surface area contributed by atoms with Crippen molar-refractivity contribution >= 4 is 5.91 Å². The molecule has 0 aliphatic rings. The highest BCUT2D eigenvalue weighted by molar-refractivity contribution is 5.78. The molecule has 1 aromatic carbocycles. The Kier molecular flexibility index (Phi) is 6.91. The summed E-state index contributed by atoms with van der Waals surface area (Å²) in [5, 5.41) is 2.80. The monoisotopic (exact) mass is 315 g/mol. The lowest BCUT2D eigenvalue weighted by atomic mass is 10.0. The summed E-state index contributed by atoms with van der Waals surface area (Å²) in [7, 11) is 0. The number of hydrogen-bond donors (Lipinski definition) is 1. The summed E-state index contributed by atoms with van der Waals surface area (Å²) in [6, 6.07) is 3.76. The number of hydrogen-bond acceptors (Lipinski definition) is 1. The maximum Gasteiger partial charge on any atom is 0.416 e. The highest BCUT2D eigenvalue weighted by Gasteiger charge is 2.30. The predicted octanol–water partition coefficient (Wildman–Crippen LogP) is 4.50. The molecular formula is C17H24F3NO. The van der Waals surface area contributed by atoms with Crippen molar-refractivity contribution in [2.45, 2.75) is 52.6 Å². The van der Waals surface area contributed by atoms with E-state index >= 15 is 0 Å². The van der Waals surface area contributed by atoms with Gasteiger partial charge in [0, 0.05) is 6.54 Å². The lowest BCUT2D eigenvalue weighted by molar-refractivity contribution is -0.137. The number of carbonyl (C=O) groups is 1. The van der Waals surface area contributed by atoms with Crippen LogP contribution in [-0.4, -0.2) is 12.5 Å². The van der Waals surface area contributed by atoms with Crippen LogP contribution in [0.3, 0.4) is 0 Å². The first-order valence-electron chi connectivity index (χ1n) is 7.66. The molecule has 1 atom stereocenters. The van der Waals surface area contributed by atoms with E-state index in [1.54, 1.807) is 13.0 Å². The molecule has 1 aromatic rings. The van der Waals surface area contributed by atoms with Gasteiger partial charge in [0.2, 0.25) is 5.91 Å². The lowest BCUT2D eigenvalue weighted by Gasteiger charge is -2.13. The van der Waals surface area contributed by atoms with Crippen LogP contribution >= 0.6 is 0 Å². The summed E-state index contributed by atoms with van der Waals surface area (Å²) < 4.78 is 38.3. The van der Waals surface area contributed by atoms with Gasteiger partial charge in [-0.2, -0.15) is 13.2 Å². The Morgan fingerprint density at radius 2 is 1.95 bits per heavy atom. The second-order valence-corrected chi connectivity index (χ2v) is 5.93. The molecule has 0 fully saturated rings. The molecule has 0 bridgehead atoms. The Morgan fingerprint density at radius 1 is 1.27 bits per heavy atom. The first kappa shape index (κ1) is 18.5. The Labute approximate surface area is 130 Å². The normalized spacial score (nSPS) is 13.0. The summed E-state index contributed by atoms with van der Waals surface area (Å²) in [5.74, 6) is 0.147. The van der Waals surface area contributed by atoms with Crippen LogP contribution in [0.25, 0.3) is 0 Å². The van der Waals surface area contributed by atoms with Crippen molar-refractivity contribution in [1.29, 1.82) is 0 Å². The zero-order valence-corrected chi connectivity index (χ0v) is 13.4. The average Bonchev–Trinajstić information content (AvgIpc) is 2.41. The fourth-order valence-corrected chi connectivity index (χ4v) is 2.32. The molecule has 0 spiro atoms. The molecule has 2 nitrogen and oxygen atoms in total. The third-order valence-corrected chi connectivity index (χ3v) is 3.53. The minimum Gasteiger partial charge on any atom is -0.356 e. The summed E-state index contributed by atoms with van der Waals surface area (Å²) in [6.07, 6.45) is -1.14. The Balaban J connectivity index is 2.59. The van der Waals surface area contributed by atoms with E-state index in [1.807, 2.05) is 0 Å². The molecule has 124 valence electrons. The van der Waals surface area contributed by atoms with Gasteiger partial charge in [-0.3, -0.25) is 4.79 Å². The number of nitrogens with one attached hydrogen (secondary N) is 1. The van der Waals surface area contributed by atoms with Crippen molar-refractivity contribution in [2.75, 3.05) is 6.54 Å². The third-order valence-electron chi connectivity index (χ3n) is 3.53. The van der Waals surface area contributed by atoms with Gasteiger partial charge in [-0.15, -0.1) is 0 Å². The standard InChI is InChI=1S/C17H24F3NO/c1-4-5-6-12(2)11-21-16(22)10-14-7-13(3)8-15(9-14)17(18,19)20/h7-9,12H,4-6,10-11H2,1-3H3,(H,21,22)/t12-/m0/s1. The van der Waals surface area contributed by atoms with E-state index in [-0.39, 0.29) is 12.3 Å². The van der Waals surface area contributed by atoms with Crippen molar-refractivity contribution in [3.63, 3.8) is 0 Å². The number of carbonyl (C=O) groups excluding carboxylic acids is 1. The molecule has 1 N–H and O–H groups in total. The fraction of sp³-hybridized carbons (Fsp3) is 0.588. The van der Waals surface area contributed by atoms with Gasteiger partial charge in [0.25, 0.3) is 0 Å². The van der Waals surface area contributed by atoms with Crippen molar-refractivity contribution in [3.05, 3.63) is 34.9 Å². The van der Waals surface area contributed by atoms with Gasteiger partial charge in [-0.05, 0) is 37.0 Å². The van der Waals surface area contributed by atoms with Gasteiger partial charge in [0.05, 0.1) is 12.0 Å². The number of amides is 1. The zero-order chi connectivity index (χ0) is 16.8. The van der Waals surface area contributed by atoms with E-state index in [0.29, 0.717) is 23.6 Å². The summed E-state index contributed by atoms with van der Waals surface area (Å²) in [6.45, 7) is 6.34. The predicted molar refractivity (Wildman–Crippen MR) is 81.6 cm³/mol. The van der Waals surface area contributed by atoms with Crippen LogP contribution in [-0.2, 0) is 17.4 Å². The number of alkyl halides is 3. The zero-order valence-electron chi connectivity index (χ0n) is 13.4. The highest BCUT2D eigenvalue weighted by atomic mass is 19.4. The quantitative estimate of drug-likeness (QED) is 0.788. The molecule has 0 aromatic heterocycles. The Hall–Kier alpha value is -1.52. The van der Waals surface area contributed by atoms with Gasteiger partial charge < -0.3 is 5.32 Å². The van der Waals surface area contributed by atoms with E-state index in [1.165, 1.54) is 0 Å². The minimum atomic E-state index is -4.38. The number of aryl methyl sites for hydroxylation is 1. The van der Waals surface area contributed by atoms with E-state index < -0.39 is 11.7 Å². The van der Waals surface area contributed by atoms with E-state index in [2.05, 4.69) is 19.2 Å². The van der Waals surface area contributed by atoms with Crippen LogP contribution < -0.4 is 5.32 Å². The Bertz CT molecular complexity index is 497. The van der Waals surface area contributed by atoms with Crippen LogP contribution in [0.4, 0.5) is 13.2 Å². The molecule has 5 heteroatoms. The highest BCUT2D eigenvalue weighted by Crippen LogP contribution is 2.30. The molecule has 0 radical (unpaired) electrons. The van der Waals surface area contributed by atoms with Crippen molar-refractivity contribution in [1.82, 2.24) is 5.32 Å². The van der Waals surface area contributed by atoms with E-state index in [0.717, 1.165) is 31.4 Å². The first-order chi connectivity index (χ1) is 10.2. The largest absolute Gasteiger partial charge is 0.416 e. The molecule has 0 unspecified atom stereocenters. The molecule has 1 rings (SSSR count). The summed E-state index contributed by atoms with van der Waals surface area (Å²) in [4.78, 5) is 11.9. The molecular weight excluding hydrogens is 291 g/mol. The van der Waals surface area contributed by atoms with Crippen LogP contribution in [0.1, 0.15) is 49.8 Å². The van der Waals surface area contributed by atoms with Crippen LogP contribution in [0, 0.1) is 12.8 Å².